The minimum atomic E-state index is -0.231. The molecule has 2 aromatic carbocycles. The first-order chi connectivity index (χ1) is 16.9. The largest absolute Gasteiger partial charge is 0.493 e. The number of ether oxygens (including phenoxy) is 2. The number of amides is 1. The van der Waals surface area contributed by atoms with E-state index in [1.54, 1.807) is 32.7 Å². The highest BCUT2D eigenvalue weighted by Crippen LogP contribution is 2.35. The van der Waals surface area contributed by atoms with Crippen molar-refractivity contribution in [2.75, 3.05) is 25.7 Å². The fourth-order valence-corrected chi connectivity index (χ4v) is 4.18. The van der Waals surface area contributed by atoms with Gasteiger partial charge in [0.25, 0.3) is 5.91 Å². The number of hydrogen-bond donors (Lipinski definition) is 2. The molecule has 1 aliphatic rings. The van der Waals surface area contributed by atoms with Crippen molar-refractivity contribution in [2.24, 2.45) is 5.10 Å². The highest BCUT2D eigenvalue weighted by Gasteiger charge is 2.26. The highest BCUT2D eigenvalue weighted by molar-refractivity contribution is 5.95. The first-order valence-electron chi connectivity index (χ1n) is 11.2. The molecule has 9 heteroatoms. The molecule has 180 valence electrons. The van der Waals surface area contributed by atoms with Crippen molar-refractivity contribution < 1.29 is 14.3 Å². The van der Waals surface area contributed by atoms with Gasteiger partial charge >= 0.3 is 0 Å². The predicted octanol–water partition coefficient (Wildman–Crippen LogP) is 3.59. The zero-order valence-corrected chi connectivity index (χ0v) is 19.9. The van der Waals surface area contributed by atoms with E-state index in [1.165, 1.54) is 11.1 Å². The summed E-state index contributed by atoms with van der Waals surface area (Å²) in [7, 11) is 3.12. The standard InChI is InChI=1S/C26H28N6O3/c1-4-21-20-8-6-5-7-18(20)15-30-32(21)23(33)10-9-17-11-16(13-22(34-2)24(17)35-3)12-19-14-29-26(28)31-25(19)27/h5-11,13-15,21H,4,12H2,1-3H3,(H4,27,28,29,31)/b10-9+/t21-/m0/s1. The molecule has 0 radical (unpaired) electrons. The number of fused-ring (bicyclic) bond motifs is 1. The minimum Gasteiger partial charge on any atom is -0.493 e. The van der Waals surface area contributed by atoms with Gasteiger partial charge < -0.3 is 20.9 Å². The van der Waals surface area contributed by atoms with Gasteiger partial charge in [0.2, 0.25) is 5.95 Å². The maximum Gasteiger partial charge on any atom is 0.267 e. The molecule has 0 unspecified atom stereocenters. The summed E-state index contributed by atoms with van der Waals surface area (Å²) in [6.45, 7) is 2.04. The number of carbonyl (C=O) groups is 1. The summed E-state index contributed by atoms with van der Waals surface area (Å²) in [5.74, 6) is 1.25. The molecule has 1 amide bonds. The third kappa shape index (κ3) is 4.93. The van der Waals surface area contributed by atoms with Gasteiger partial charge in [-0.25, -0.2) is 9.99 Å². The molecule has 0 fully saturated rings. The summed E-state index contributed by atoms with van der Waals surface area (Å²) in [6.07, 6.45) is 7.72. The van der Waals surface area contributed by atoms with Gasteiger partial charge in [-0.2, -0.15) is 10.1 Å². The lowest BCUT2D eigenvalue weighted by Gasteiger charge is -2.30. The van der Waals surface area contributed by atoms with E-state index in [0.717, 1.165) is 28.7 Å². The molecule has 1 aliphatic heterocycles. The van der Waals surface area contributed by atoms with Crippen molar-refractivity contribution in [1.82, 2.24) is 15.0 Å². The fraction of sp³-hybridized carbons (Fsp3) is 0.231. The van der Waals surface area contributed by atoms with Crippen LogP contribution >= 0.6 is 0 Å². The summed E-state index contributed by atoms with van der Waals surface area (Å²) < 4.78 is 11.1. The van der Waals surface area contributed by atoms with Gasteiger partial charge in [0.1, 0.15) is 5.82 Å². The summed E-state index contributed by atoms with van der Waals surface area (Å²) in [4.78, 5) is 21.2. The Morgan fingerprint density at radius 3 is 2.69 bits per heavy atom. The second-order valence-electron chi connectivity index (χ2n) is 8.05. The van der Waals surface area contributed by atoms with Crippen molar-refractivity contribution in [1.29, 1.82) is 0 Å². The van der Waals surface area contributed by atoms with Crippen molar-refractivity contribution in [2.45, 2.75) is 25.8 Å². The molecule has 0 aliphatic carbocycles. The van der Waals surface area contributed by atoms with Crippen molar-refractivity contribution in [3.05, 3.63) is 76.5 Å². The summed E-state index contributed by atoms with van der Waals surface area (Å²) >= 11 is 0. The zero-order chi connectivity index (χ0) is 24.9. The first kappa shape index (κ1) is 23.7. The van der Waals surface area contributed by atoms with E-state index >= 15 is 0 Å². The molecule has 1 aromatic heterocycles. The van der Waals surface area contributed by atoms with Gasteiger partial charge in [-0.05, 0) is 41.3 Å². The van der Waals surface area contributed by atoms with Gasteiger partial charge in [-0.15, -0.1) is 0 Å². The summed E-state index contributed by atoms with van der Waals surface area (Å²) in [5.41, 5.74) is 16.0. The highest BCUT2D eigenvalue weighted by atomic mass is 16.5. The topological polar surface area (TPSA) is 129 Å². The maximum absolute atomic E-state index is 13.2. The molecule has 3 aromatic rings. The third-order valence-corrected chi connectivity index (χ3v) is 5.87. The van der Waals surface area contributed by atoms with Crippen LogP contribution in [0.2, 0.25) is 0 Å². The van der Waals surface area contributed by atoms with Gasteiger partial charge in [-0.1, -0.05) is 31.2 Å². The molecule has 4 N–H and O–H groups in total. The number of aromatic nitrogens is 2. The summed E-state index contributed by atoms with van der Waals surface area (Å²) in [5, 5.41) is 5.93. The lowest BCUT2D eigenvalue weighted by Crippen LogP contribution is -2.32. The lowest BCUT2D eigenvalue weighted by molar-refractivity contribution is -0.128. The van der Waals surface area contributed by atoms with Crippen LogP contribution in [-0.4, -0.2) is 41.3 Å². The fourth-order valence-electron chi connectivity index (χ4n) is 4.18. The second kappa shape index (κ2) is 10.3. The Hall–Kier alpha value is -4.40. The average molecular weight is 473 g/mol. The molecule has 2 heterocycles. The van der Waals surface area contributed by atoms with Gasteiger partial charge in [0, 0.05) is 29.8 Å². The number of carbonyl (C=O) groups excluding carboxylic acids is 1. The average Bonchev–Trinajstić information content (AvgIpc) is 2.87. The van der Waals surface area contributed by atoms with Gasteiger partial charge in [-0.3, -0.25) is 4.79 Å². The number of hydrogen-bond acceptors (Lipinski definition) is 8. The van der Waals surface area contributed by atoms with Gasteiger partial charge in [0.05, 0.1) is 26.5 Å². The van der Waals surface area contributed by atoms with Crippen LogP contribution in [0, 0.1) is 0 Å². The number of methoxy groups -OCH3 is 2. The van der Waals surface area contributed by atoms with Crippen LogP contribution in [0.4, 0.5) is 11.8 Å². The van der Waals surface area contributed by atoms with Crippen molar-refractivity contribution in [3.8, 4) is 11.5 Å². The number of nitrogens with zero attached hydrogens (tertiary/aromatic N) is 4. The Labute approximate surface area is 204 Å². The Morgan fingerprint density at radius 1 is 1.17 bits per heavy atom. The van der Waals surface area contributed by atoms with Gasteiger partial charge in [0.15, 0.2) is 11.5 Å². The van der Waals surface area contributed by atoms with E-state index in [2.05, 4.69) is 15.1 Å². The quantitative estimate of drug-likeness (QED) is 0.503. The molecule has 35 heavy (non-hydrogen) atoms. The van der Waals surface area contributed by atoms with Crippen molar-refractivity contribution >= 4 is 30.0 Å². The molecular weight excluding hydrogens is 444 g/mol. The summed E-state index contributed by atoms with van der Waals surface area (Å²) in [6, 6.07) is 11.6. The van der Waals surface area contributed by atoms with Crippen LogP contribution in [0.15, 0.2) is 53.8 Å². The van der Waals surface area contributed by atoms with E-state index in [9.17, 15) is 4.79 Å². The predicted molar refractivity (Wildman–Crippen MR) is 136 cm³/mol. The lowest BCUT2D eigenvalue weighted by atomic mass is 9.97. The van der Waals surface area contributed by atoms with Crippen LogP contribution < -0.4 is 20.9 Å². The normalized spacial score (nSPS) is 14.7. The second-order valence-corrected chi connectivity index (χ2v) is 8.05. The molecule has 0 bridgehead atoms. The Morgan fingerprint density at radius 2 is 1.97 bits per heavy atom. The number of benzene rings is 2. The number of nitrogen functional groups attached to an aromatic ring is 2. The van der Waals surface area contributed by atoms with E-state index < -0.39 is 0 Å². The number of anilines is 2. The Kier molecular flexibility index (Phi) is 6.96. The number of nitrogens with two attached hydrogens (primary N) is 2. The zero-order valence-electron chi connectivity index (χ0n) is 19.9. The molecule has 0 spiro atoms. The van der Waals surface area contributed by atoms with Crippen LogP contribution in [0.3, 0.4) is 0 Å². The smallest absolute Gasteiger partial charge is 0.267 e. The van der Waals surface area contributed by atoms with Crippen LogP contribution in [0.25, 0.3) is 6.08 Å². The first-order valence-corrected chi connectivity index (χ1v) is 11.2. The van der Waals surface area contributed by atoms with Crippen LogP contribution in [0.5, 0.6) is 11.5 Å². The number of rotatable bonds is 7. The van der Waals surface area contributed by atoms with Crippen molar-refractivity contribution in [3.63, 3.8) is 0 Å². The number of hydrazone groups is 1. The van der Waals surface area contributed by atoms with Crippen LogP contribution in [0.1, 0.15) is 47.2 Å². The Bertz CT molecular complexity index is 1300. The molecule has 9 nitrogen and oxygen atoms in total. The molecule has 0 saturated heterocycles. The maximum atomic E-state index is 13.2. The van der Waals surface area contributed by atoms with E-state index in [0.29, 0.717) is 29.3 Å². The third-order valence-electron chi connectivity index (χ3n) is 5.87. The van der Waals surface area contributed by atoms with Crippen LogP contribution in [-0.2, 0) is 11.2 Å². The Balaban J connectivity index is 1.64. The monoisotopic (exact) mass is 472 g/mol. The molecule has 4 rings (SSSR count). The van der Waals surface area contributed by atoms with E-state index in [-0.39, 0.29) is 17.9 Å². The molecule has 1 atom stereocenters. The minimum absolute atomic E-state index is 0.120. The molecule has 0 saturated carbocycles. The molecular formula is C26H28N6O3. The SMILES string of the molecule is CC[C@H]1c2ccccc2C=NN1C(=O)/C=C/c1cc(Cc2cnc(N)nc2N)cc(OC)c1OC. The van der Waals surface area contributed by atoms with E-state index in [1.807, 2.05) is 43.3 Å². The van der Waals surface area contributed by atoms with E-state index in [4.69, 9.17) is 20.9 Å².